The van der Waals surface area contributed by atoms with Crippen molar-refractivity contribution in [2.45, 2.75) is 30.7 Å². The Balaban J connectivity index is 1.61. The molecule has 2 aromatic heterocycles. The van der Waals surface area contributed by atoms with E-state index in [-0.39, 0.29) is 11.3 Å². The summed E-state index contributed by atoms with van der Waals surface area (Å²) in [4.78, 5) is 12.3. The second-order valence-electron chi connectivity index (χ2n) is 6.47. The molecule has 28 heavy (non-hydrogen) atoms. The van der Waals surface area contributed by atoms with Crippen LogP contribution in [0.1, 0.15) is 0 Å². The molecular formula is C19H18O8S. The maximum atomic E-state index is 12.3. The average Bonchev–Trinajstić information content (AvgIpc) is 3.22. The van der Waals surface area contributed by atoms with E-state index in [9.17, 15) is 25.2 Å². The molecule has 1 aromatic carbocycles. The number of ether oxygens (including phenoxy) is 2. The molecule has 1 aliphatic rings. The number of benzene rings is 1. The first-order valence-corrected chi connectivity index (χ1v) is 9.50. The highest BCUT2D eigenvalue weighted by Crippen LogP contribution is 2.28. The molecule has 3 aromatic rings. The lowest BCUT2D eigenvalue weighted by molar-refractivity contribution is -0.277. The van der Waals surface area contributed by atoms with Gasteiger partial charge >= 0.3 is 5.63 Å². The van der Waals surface area contributed by atoms with Crippen molar-refractivity contribution in [1.82, 2.24) is 0 Å². The smallest absolute Gasteiger partial charge is 0.344 e. The van der Waals surface area contributed by atoms with E-state index in [1.165, 1.54) is 17.4 Å². The molecule has 5 atom stereocenters. The van der Waals surface area contributed by atoms with Gasteiger partial charge in [-0.1, -0.05) is 0 Å². The van der Waals surface area contributed by atoms with Gasteiger partial charge in [-0.3, -0.25) is 0 Å². The second kappa shape index (κ2) is 7.63. The number of aliphatic hydroxyl groups is 4. The lowest BCUT2D eigenvalue weighted by Gasteiger charge is -2.39. The van der Waals surface area contributed by atoms with Crippen LogP contribution in [0.4, 0.5) is 0 Å². The zero-order valence-corrected chi connectivity index (χ0v) is 15.3. The summed E-state index contributed by atoms with van der Waals surface area (Å²) in [7, 11) is 0. The topological polar surface area (TPSA) is 130 Å². The number of rotatable bonds is 4. The number of thiophene rings is 1. The fraction of sp³-hybridized carbons (Fsp3) is 0.316. The lowest BCUT2D eigenvalue weighted by atomic mass is 9.99. The van der Waals surface area contributed by atoms with E-state index in [4.69, 9.17) is 13.9 Å². The Hall–Kier alpha value is -2.27. The number of hydrogen-bond acceptors (Lipinski definition) is 9. The quantitative estimate of drug-likeness (QED) is 0.466. The summed E-state index contributed by atoms with van der Waals surface area (Å²) in [5.74, 6) is 0.225. The van der Waals surface area contributed by atoms with Crippen molar-refractivity contribution in [3.05, 3.63) is 51.5 Å². The Morgan fingerprint density at radius 2 is 1.89 bits per heavy atom. The van der Waals surface area contributed by atoms with Gasteiger partial charge in [0.05, 0.1) is 12.2 Å². The third-order valence-corrected chi connectivity index (χ3v) is 5.32. The van der Waals surface area contributed by atoms with E-state index in [2.05, 4.69) is 0 Å². The third kappa shape index (κ3) is 3.44. The van der Waals surface area contributed by atoms with Gasteiger partial charge in [-0.25, -0.2) is 4.79 Å². The predicted octanol–water partition coefficient (Wildman–Crippen LogP) is 0.700. The van der Waals surface area contributed by atoms with Crippen molar-refractivity contribution in [2.24, 2.45) is 0 Å². The molecule has 0 aliphatic carbocycles. The largest absolute Gasteiger partial charge is 0.462 e. The van der Waals surface area contributed by atoms with E-state index < -0.39 is 42.9 Å². The summed E-state index contributed by atoms with van der Waals surface area (Å²) >= 11 is 1.48. The van der Waals surface area contributed by atoms with Crippen molar-refractivity contribution >= 4 is 22.3 Å². The van der Waals surface area contributed by atoms with Crippen molar-refractivity contribution in [1.29, 1.82) is 0 Å². The number of aliphatic hydroxyl groups excluding tert-OH is 4. The van der Waals surface area contributed by atoms with Crippen LogP contribution in [0, 0.1) is 0 Å². The Kier molecular flexibility index (Phi) is 5.19. The zero-order chi connectivity index (χ0) is 19.8. The molecule has 0 spiro atoms. The minimum absolute atomic E-state index is 0.225. The van der Waals surface area contributed by atoms with Gasteiger partial charge < -0.3 is 34.3 Å². The minimum atomic E-state index is -1.54. The summed E-state index contributed by atoms with van der Waals surface area (Å²) in [5.41, 5.74) is 1.03. The zero-order valence-electron chi connectivity index (χ0n) is 14.5. The molecule has 1 unspecified atom stereocenters. The fourth-order valence-electron chi connectivity index (χ4n) is 3.08. The summed E-state index contributed by atoms with van der Waals surface area (Å²) in [6.45, 7) is -0.553. The highest BCUT2D eigenvalue weighted by atomic mass is 32.1. The van der Waals surface area contributed by atoms with Gasteiger partial charge in [0, 0.05) is 11.5 Å². The van der Waals surface area contributed by atoms with E-state index in [0.29, 0.717) is 10.9 Å². The monoisotopic (exact) mass is 406 g/mol. The molecule has 1 fully saturated rings. The molecule has 0 bridgehead atoms. The Morgan fingerprint density at radius 3 is 2.61 bits per heavy atom. The number of fused-ring (bicyclic) bond motifs is 1. The van der Waals surface area contributed by atoms with Crippen molar-refractivity contribution < 1.29 is 34.3 Å². The molecule has 9 heteroatoms. The SMILES string of the molecule is O=c1oc2cc(OC3O[C@H](CO)[C@H](O)[C@H](O)[C@H]3O)ccc2cc1-c1ccsc1. The minimum Gasteiger partial charge on any atom is -0.462 e. The summed E-state index contributed by atoms with van der Waals surface area (Å²) < 4.78 is 16.3. The Bertz CT molecular complexity index is 1010. The maximum Gasteiger partial charge on any atom is 0.344 e. The van der Waals surface area contributed by atoms with Gasteiger partial charge in [0.25, 0.3) is 0 Å². The van der Waals surface area contributed by atoms with Gasteiger partial charge in [0.2, 0.25) is 6.29 Å². The molecule has 0 saturated carbocycles. The van der Waals surface area contributed by atoms with E-state index in [1.807, 2.05) is 16.8 Å². The van der Waals surface area contributed by atoms with Gasteiger partial charge in [-0.15, -0.1) is 0 Å². The van der Waals surface area contributed by atoms with Crippen molar-refractivity contribution in [2.75, 3.05) is 6.61 Å². The molecule has 1 aliphatic heterocycles. The first kappa shape index (κ1) is 19.1. The highest BCUT2D eigenvalue weighted by molar-refractivity contribution is 7.08. The molecule has 1 saturated heterocycles. The molecule has 0 radical (unpaired) electrons. The molecule has 3 heterocycles. The highest BCUT2D eigenvalue weighted by Gasteiger charge is 2.44. The molecule has 8 nitrogen and oxygen atoms in total. The van der Waals surface area contributed by atoms with Gasteiger partial charge in [0.1, 0.15) is 35.7 Å². The Morgan fingerprint density at radius 1 is 1.07 bits per heavy atom. The van der Waals surface area contributed by atoms with Crippen LogP contribution >= 0.6 is 11.3 Å². The normalized spacial score (nSPS) is 27.8. The Labute approximate surface area is 162 Å². The van der Waals surface area contributed by atoms with Crippen LogP contribution in [-0.4, -0.2) is 57.7 Å². The van der Waals surface area contributed by atoms with Gasteiger partial charge in [-0.2, -0.15) is 11.3 Å². The first-order chi connectivity index (χ1) is 13.5. The predicted molar refractivity (Wildman–Crippen MR) is 100 cm³/mol. The average molecular weight is 406 g/mol. The van der Waals surface area contributed by atoms with Crippen molar-refractivity contribution in [3.8, 4) is 16.9 Å². The van der Waals surface area contributed by atoms with Crippen LogP contribution in [0.3, 0.4) is 0 Å². The van der Waals surface area contributed by atoms with Crippen LogP contribution in [0.5, 0.6) is 5.75 Å². The van der Waals surface area contributed by atoms with Crippen LogP contribution in [-0.2, 0) is 4.74 Å². The van der Waals surface area contributed by atoms with Crippen LogP contribution in [0.15, 0.2) is 50.3 Å². The van der Waals surface area contributed by atoms with Crippen molar-refractivity contribution in [3.63, 3.8) is 0 Å². The first-order valence-electron chi connectivity index (χ1n) is 8.55. The van der Waals surface area contributed by atoms with Gasteiger partial charge in [-0.05, 0) is 40.6 Å². The molecule has 0 amide bonds. The lowest BCUT2D eigenvalue weighted by Crippen LogP contribution is -2.60. The summed E-state index contributed by atoms with van der Waals surface area (Å²) in [6.07, 6.45) is -6.92. The van der Waals surface area contributed by atoms with Crippen LogP contribution in [0.2, 0.25) is 0 Å². The summed E-state index contributed by atoms with van der Waals surface area (Å²) in [5, 5.41) is 43.4. The van der Waals surface area contributed by atoms with Gasteiger partial charge in [0.15, 0.2) is 0 Å². The molecular weight excluding hydrogens is 388 g/mol. The van der Waals surface area contributed by atoms with Crippen LogP contribution < -0.4 is 10.4 Å². The standard InChI is InChI=1S/C19H18O8S/c20-7-14-15(21)16(22)17(23)19(27-14)25-11-2-1-9-5-12(10-3-4-28-8-10)18(24)26-13(9)6-11/h1-6,8,14-17,19-23H,7H2/t14-,15+,16+,17-,19?/m1/s1. The maximum absolute atomic E-state index is 12.3. The van der Waals surface area contributed by atoms with E-state index >= 15 is 0 Å². The summed E-state index contributed by atoms with van der Waals surface area (Å²) in [6, 6.07) is 8.31. The molecule has 4 N–H and O–H groups in total. The van der Waals surface area contributed by atoms with E-state index in [0.717, 1.165) is 5.56 Å². The molecule has 4 rings (SSSR count). The van der Waals surface area contributed by atoms with E-state index in [1.54, 1.807) is 18.2 Å². The van der Waals surface area contributed by atoms with Crippen LogP contribution in [0.25, 0.3) is 22.1 Å². The second-order valence-corrected chi connectivity index (χ2v) is 7.25. The third-order valence-electron chi connectivity index (χ3n) is 4.64. The number of hydrogen-bond donors (Lipinski definition) is 4. The molecule has 148 valence electrons. The fourth-order valence-corrected chi connectivity index (χ4v) is 3.74.